The van der Waals surface area contributed by atoms with E-state index < -0.39 is 0 Å². The Labute approximate surface area is 130 Å². The van der Waals surface area contributed by atoms with Gasteiger partial charge in [0.15, 0.2) is 0 Å². The van der Waals surface area contributed by atoms with E-state index in [1.807, 2.05) is 12.1 Å². The van der Waals surface area contributed by atoms with E-state index in [1.54, 1.807) is 12.1 Å². The standard InChI is InChI=1S/C17H21N3O2/c18-10-12-2-1-3-13(8-12)11-19-17(21)20-15-6-7-22-16(9-15)14-4-5-14/h1-3,8,14-16H,4-7,9,11H2,(H2,19,20,21)/t15-,16+/m1/s1. The maximum Gasteiger partial charge on any atom is 0.315 e. The molecule has 0 unspecified atom stereocenters. The fraction of sp³-hybridized carbons (Fsp3) is 0.529. The second-order valence-electron chi connectivity index (χ2n) is 6.11. The normalized spacial score (nSPS) is 24.3. The summed E-state index contributed by atoms with van der Waals surface area (Å²) in [6.07, 6.45) is 4.64. The van der Waals surface area contributed by atoms with Crippen molar-refractivity contribution in [3.63, 3.8) is 0 Å². The van der Waals surface area contributed by atoms with Crippen molar-refractivity contribution in [1.82, 2.24) is 10.6 Å². The number of ether oxygens (including phenoxy) is 1. The van der Waals surface area contributed by atoms with Gasteiger partial charge in [0.05, 0.1) is 17.7 Å². The van der Waals surface area contributed by atoms with Crippen LogP contribution in [-0.2, 0) is 11.3 Å². The molecule has 1 saturated carbocycles. The number of hydrogen-bond acceptors (Lipinski definition) is 3. The summed E-state index contributed by atoms with van der Waals surface area (Å²) in [6.45, 7) is 1.16. The Hall–Kier alpha value is -2.06. The molecule has 1 aromatic rings. The van der Waals surface area contributed by atoms with Crippen LogP contribution in [0.2, 0.25) is 0 Å². The molecule has 0 aromatic heterocycles. The smallest absolute Gasteiger partial charge is 0.315 e. The number of urea groups is 1. The highest BCUT2D eigenvalue weighted by atomic mass is 16.5. The van der Waals surface area contributed by atoms with Crippen molar-refractivity contribution in [3.8, 4) is 6.07 Å². The van der Waals surface area contributed by atoms with Crippen molar-refractivity contribution >= 4 is 6.03 Å². The topological polar surface area (TPSA) is 74.2 Å². The van der Waals surface area contributed by atoms with Crippen LogP contribution in [-0.4, -0.2) is 24.8 Å². The zero-order valence-corrected chi connectivity index (χ0v) is 12.5. The van der Waals surface area contributed by atoms with Gasteiger partial charge in [0.1, 0.15) is 0 Å². The molecule has 1 aromatic carbocycles. The fourth-order valence-electron chi connectivity index (χ4n) is 2.93. The van der Waals surface area contributed by atoms with Crippen LogP contribution >= 0.6 is 0 Å². The third kappa shape index (κ3) is 3.99. The van der Waals surface area contributed by atoms with Crippen LogP contribution in [0.5, 0.6) is 0 Å². The van der Waals surface area contributed by atoms with E-state index in [-0.39, 0.29) is 12.1 Å². The molecule has 0 bridgehead atoms. The van der Waals surface area contributed by atoms with Crippen molar-refractivity contribution in [2.75, 3.05) is 6.61 Å². The highest BCUT2D eigenvalue weighted by Gasteiger charge is 2.36. The number of nitriles is 1. The first-order valence-corrected chi connectivity index (χ1v) is 7.89. The Morgan fingerprint density at radius 2 is 2.23 bits per heavy atom. The zero-order valence-electron chi connectivity index (χ0n) is 12.5. The molecule has 22 heavy (non-hydrogen) atoms. The SMILES string of the molecule is N#Cc1cccc(CNC(=O)N[C@@H]2CCO[C@H](C3CC3)C2)c1. The largest absolute Gasteiger partial charge is 0.378 e. The van der Waals surface area contributed by atoms with Crippen LogP contribution in [0.4, 0.5) is 4.79 Å². The zero-order chi connectivity index (χ0) is 15.4. The van der Waals surface area contributed by atoms with Crippen LogP contribution < -0.4 is 10.6 Å². The lowest BCUT2D eigenvalue weighted by Crippen LogP contribution is -2.46. The predicted molar refractivity (Wildman–Crippen MR) is 82.0 cm³/mol. The molecule has 5 nitrogen and oxygen atoms in total. The Kier molecular flexibility index (Phi) is 4.59. The molecular formula is C17H21N3O2. The summed E-state index contributed by atoms with van der Waals surface area (Å²) >= 11 is 0. The minimum Gasteiger partial charge on any atom is -0.378 e. The van der Waals surface area contributed by atoms with Gasteiger partial charge in [0.2, 0.25) is 0 Å². The van der Waals surface area contributed by atoms with Gasteiger partial charge in [-0.3, -0.25) is 0 Å². The van der Waals surface area contributed by atoms with Crippen LogP contribution in [0.15, 0.2) is 24.3 Å². The third-order valence-corrected chi connectivity index (χ3v) is 4.31. The number of nitrogens with one attached hydrogen (secondary N) is 2. The van der Waals surface area contributed by atoms with Gasteiger partial charge in [-0.1, -0.05) is 12.1 Å². The lowest BCUT2D eigenvalue weighted by Gasteiger charge is -2.30. The summed E-state index contributed by atoms with van der Waals surface area (Å²) in [5, 5.41) is 14.8. The van der Waals surface area contributed by atoms with Gasteiger partial charge in [-0.25, -0.2) is 4.79 Å². The predicted octanol–water partition coefficient (Wildman–Crippen LogP) is 2.32. The molecule has 2 fully saturated rings. The Bertz CT molecular complexity index is 578. The quantitative estimate of drug-likeness (QED) is 0.896. The van der Waals surface area contributed by atoms with E-state index in [9.17, 15) is 4.79 Å². The molecule has 1 heterocycles. The second kappa shape index (κ2) is 6.80. The molecule has 5 heteroatoms. The van der Waals surface area contributed by atoms with Gasteiger partial charge in [-0.15, -0.1) is 0 Å². The Morgan fingerprint density at radius 3 is 3.00 bits per heavy atom. The summed E-state index contributed by atoms with van der Waals surface area (Å²) in [6, 6.07) is 9.42. The first-order valence-electron chi connectivity index (χ1n) is 7.89. The summed E-state index contributed by atoms with van der Waals surface area (Å²) in [5.74, 6) is 0.710. The number of carbonyl (C=O) groups is 1. The monoisotopic (exact) mass is 299 g/mol. The van der Waals surface area contributed by atoms with Gasteiger partial charge in [-0.2, -0.15) is 5.26 Å². The summed E-state index contributed by atoms with van der Waals surface area (Å²) in [7, 11) is 0. The summed E-state index contributed by atoms with van der Waals surface area (Å²) < 4.78 is 5.77. The van der Waals surface area contributed by atoms with Gasteiger partial charge in [0, 0.05) is 19.2 Å². The van der Waals surface area contributed by atoms with Crippen molar-refractivity contribution in [1.29, 1.82) is 5.26 Å². The van der Waals surface area contributed by atoms with E-state index >= 15 is 0 Å². The molecule has 1 aliphatic heterocycles. The number of rotatable bonds is 4. The van der Waals surface area contributed by atoms with E-state index in [2.05, 4.69) is 16.7 Å². The maximum atomic E-state index is 12.0. The summed E-state index contributed by atoms with van der Waals surface area (Å²) in [5.41, 5.74) is 1.54. The Balaban J connectivity index is 1.44. The first-order chi connectivity index (χ1) is 10.7. The maximum absolute atomic E-state index is 12.0. The summed E-state index contributed by atoms with van der Waals surface area (Å²) in [4.78, 5) is 12.0. The molecule has 2 N–H and O–H groups in total. The number of benzene rings is 1. The highest BCUT2D eigenvalue weighted by molar-refractivity contribution is 5.74. The average Bonchev–Trinajstić information content (AvgIpc) is 3.38. The van der Waals surface area contributed by atoms with Gasteiger partial charge in [0.25, 0.3) is 0 Å². The molecule has 1 saturated heterocycles. The van der Waals surface area contributed by atoms with Crippen LogP contribution in [0.1, 0.15) is 36.8 Å². The van der Waals surface area contributed by atoms with Crippen LogP contribution in [0, 0.1) is 17.2 Å². The first kappa shape index (κ1) is 14.9. The second-order valence-corrected chi connectivity index (χ2v) is 6.11. The lowest BCUT2D eigenvalue weighted by atomic mass is 10.0. The van der Waals surface area contributed by atoms with Gasteiger partial charge < -0.3 is 15.4 Å². The van der Waals surface area contributed by atoms with Crippen LogP contribution in [0.3, 0.4) is 0 Å². The lowest BCUT2D eigenvalue weighted by molar-refractivity contribution is -0.00914. The number of nitrogens with zero attached hydrogens (tertiary/aromatic N) is 1. The minimum atomic E-state index is -0.149. The number of hydrogen-bond donors (Lipinski definition) is 2. The van der Waals surface area contributed by atoms with E-state index in [4.69, 9.17) is 10.00 Å². The number of carbonyl (C=O) groups excluding carboxylic acids is 1. The fourth-order valence-corrected chi connectivity index (χ4v) is 2.93. The van der Waals surface area contributed by atoms with E-state index in [0.29, 0.717) is 24.1 Å². The van der Waals surface area contributed by atoms with Crippen LogP contribution in [0.25, 0.3) is 0 Å². The third-order valence-electron chi connectivity index (χ3n) is 4.31. The van der Waals surface area contributed by atoms with Crippen molar-refractivity contribution in [2.24, 2.45) is 5.92 Å². The molecule has 0 radical (unpaired) electrons. The van der Waals surface area contributed by atoms with Crippen molar-refractivity contribution in [3.05, 3.63) is 35.4 Å². The Morgan fingerprint density at radius 1 is 1.36 bits per heavy atom. The van der Waals surface area contributed by atoms with E-state index in [0.717, 1.165) is 25.0 Å². The highest BCUT2D eigenvalue weighted by Crippen LogP contribution is 2.38. The minimum absolute atomic E-state index is 0.149. The molecule has 2 amide bonds. The van der Waals surface area contributed by atoms with Gasteiger partial charge in [-0.05, 0) is 49.3 Å². The molecular weight excluding hydrogens is 278 g/mol. The molecule has 1 aliphatic carbocycles. The molecule has 116 valence electrons. The number of amides is 2. The van der Waals surface area contributed by atoms with E-state index in [1.165, 1.54) is 12.8 Å². The molecule has 0 spiro atoms. The molecule has 2 aliphatic rings. The molecule has 2 atom stereocenters. The average molecular weight is 299 g/mol. The van der Waals surface area contributed by atoms with Gasteiger partial charge >= 0.3 is 6.03 Å². The molecule has 3 rings (SSSR count). The van der Waals surface area contributed by atoms with Crippen molar-refractivity contribution < 1.29 is 9.53 Å². The van der Waals surface area contributed by atoms with Crippen molar-refractivity contribution in [2.45, 2.75) is 44.4 Å².